The van der Waals surface area contributed by atoms with Crippen LogP contribution in [0.25, 0.3) is 0 Å². The van der Waals surface area contributed by atoms with Gasteiger partial charge in [0, 0.05) is 12.1 Å². The number of hydrazine groups is 2. The van der Waals surface area contributed by atoms with Crippen molar-refractivity contribution in [3.63, 3.8) is 0 Å². The third-order valence-corrected chi connectivity index (χ3v) is 2.62. The summed E-state index contributed by atoms with van der Waals surface area (Å²) in [5.74, 6) is -0.215. The Balaban J connectivity index is 1.95. The molecule has 0 amide bonds. The number of nitrogens with one attached hydrogen (secondary N) is 1. The number of phenolic OH excluding ortho intramolecular Hbond substituents is 1. The number of nitrogens with zero attached hydrogens (tertiary/aromatic N) is 3. The maximum atomic E-state index is 13.3. The lowest BCUT2D eigenvalue weighted by Crippen LogP contribution is -2.43. The van der Waals surface area contributed by atoms with Crippen molar-refractivity contribution in [2.75, 3.05) is 10.1 Å². The zero-order valence-electron chi connectivity index (χ0n) is 9.79. The van der Waals surface area contributed by atoms with E-state index >= 15 is 0 Å². The first-order chi connectivity index (χ1) is 9.24. The van der Waals surface area contributed by atoms with E-state index in [9.17, 15) is 9.50 Å². The summed E-state index contributed by atoms with van der Waals surface area (Å²) in [4.78, 5) is 0. The van der Waals surface area contributed by atoms with Gasteiger partial charge in [-0.3, -0.25) is 0 Å². The van der Waals surface area contributed by atoms with Gasteiger partial charge >= 0.3 is 0 Å². The molecule has 0 atom stereocenters. The van der Waals surface area contributed by atoms with Crippen molar-refractivity contribution in [1.29, 1.82) is 0 Å². The Bertz CT molecular complexity index is 632. The van der Waals surface area contributed by atoms with Crippen LogP contribution in [0.2, 0.25) is 0 Å². The minimum Gasteiger partial charge on any atom is -0.508 e. The molecule has 19 heavy (non-hydrogen) atoms. The van der Waals surface area contributed by atoms with E-state index in [0.29, 0.717) is 11.4 Å². The monoisotopic (exact) mass is 257 g/mol. The van der Waals surface area contributed by atoms with Crippen LogP contribution in [0, 0.1) is 5.82 Å². The van der Waals surface area contributed by atoms with Gasteiger partial charge in [0.1, 0.15) is 11.6 Å². The van der Waals surface area contributed by atoms with Gasteiger partial charge in [-0.1, -0.05) is 12.1 Å². The summed E-state index contributed by atoms with van der Waals surface area (Å²) in [6.45, 7) is 0. The molecule has 6 heteroatoms. The van der Waals surface area contributed by atoms with Gasteiger partial charge in [-0.25, -0.2) is 9.40 Å². The number of halogens is 1. The summed E-state index contributed by atoms with van der Waals surface area (Å²) in [7, 11) is 0. The molecule has 1 radical (unpaired) electrons. The lowest BCUT2D eigenvalue weighted by Gasteiger charge is -2.27. The van der Waals surface area contributed by atoms with Gasteiger partial charge in [0.2, 0.25) is 6.34 Å². The van der Waals surface area contributed by atoms with Gasteiger partial charge in [-0.2, -0.15) is 10.7 Å². The van der Waals surface area contributed by atoms with E-state index in [1.54, 1.807) is 36.4 Å². The van der Waals surface area contributed by atoms with Crippen molar-refractivity contribution in [1.82, 2.24) is 5.53 Å². The van der Waals surface area contributed by atoms with E-state index in [0.717, 1.165) is 0 Å². The smallest absolute Gasteiger partial charge is 0.222 e. The molecule has 0 unspecified atom stereocenters. The average Bonchev–Trinajstić information content (AvgIpc) is 2.88. The number of rotatable bonds is 2. The van der Waals surface area contributed by atoms with Crippen LogP contribution < -0.4 is 15.7 Å². The van der Waals surface area contributed by atoms with Crippen LogP contribution in [0.15, 0.2) is 53.6 Å². The highest BCUT2D eigenvalue weighted by molar-refractivity contribution is 5.85. The Labute approximate surface area is 109 Å². The molecule has 0 aromatic heterocycles. The molecule has 1 heterocycles. The van der Waals surface area contributed by atoms with Crippen LogP contribution in [0.5, 0.6) is 5.75 Å². The fraction of sp³-hybridized carbons (Fsp3) is 0. The molecule has 0 spiro atoms. The first-order valence-corrected chi connectivity index (χ1v) is 5.60. The number of hydrazone groups is 1. The molecular formula is C13H10FN4O. The Morgan fingerprint density at radius 1 is 1.11 bits per heavy atom. The minimum absolute atomic E-state index is 0.130. The topological polar surface area (TPSA) is 51.1 Å². The van der Waals surface area contributed by atoms with Gasteiger partial charge in [0.05, 0.1) is 11.4 Å². The Kier molecular flexibility index (Phi) is 2.68. The molecule has 0 fully saturated rings. The molecule has 2 aromatic carbocycles. The van der Waals surface area contributed by atoms with Gasteiger partial charge in [-0.05, 0) is 24.3 Å². The number of phenols is 1. The van der Waals surface area contributed by atoms with Crippen molar-refractivity contribution in [2.24, 2.45) is 5.10 Å². The SMILES string of the molecule is Oc1cccc(N2[C]=NNN2c2cccc(F)c2)c1. The second-order valence-electron chi connectivity index (χ2n) is 3.94. The number of anilines is 2. The van der Waals surface area contributed by atoms with E-state index in [4.69, 9.17) is 0 Å². The van der Waals surface area contributed by atoms with Crippen molar-refractivity contribution in [3.8, 4) is 5.75 Å². The number of aromatic hydroxyl groups is 1. The van der Waals surface area contributed by atoms with Crippen molar-refractivity contribution >= 4 is 17.7 Å². The lowest BCUT2D eigenvalue weighted by atomic mass is 10.3. The molecule has 1 aliphatic heterocycles. The number of benzene rings is 2. The fourth-order valence-corrected chi connectivity index (χ4v) is 1.79. The van der Waals surface area contributed by atoms with E-state index in [-0.39, 0.29) is 11.6 Å². The summed E-state index contributed by atoms with van der Waals surface area (Å²) in [5.41, 5.74) is 3.91. The molecule has 95 valence electrons. The largest absolute Gasteiger partial charge is 0.508 e. The van der Waals surface area contributed by atoms with Gasteiger partial charge in [0.15, 0.2) is 0 Å². The summed E-state index contributed by atoms with van der Waals surface area (Å²) < 4.78 is 13.3. The highest BCUT2D eigenvalue weighted by atomic mass is 19.1. The quantitative estimate of drug-likeness (QED) is 0.865. The molecule has 5 nitrogen and oxygen atoms in total. The first kappa shape index (κ1) is 11.3. The predicted octanol–water partition coefficient (Wildman–Crippen LogP) is 2.10. The Morgan fingerprint density at radius 2 is 1.89 bits per heavy atom. The van der Waals surface area contributed by atoms with E-state index in [2.05, 4.69) is 17.0 Å². The van der Waals surface area contributed by atoms with Crippen LogP contribution in [0.4, 0.5) is 15.8 Å². The minimum atomic E-state index is -0.345. The fourth-order valence-electron chi connectivity index (χ4n) is 1.79. The van der Waals surface area contributed by atoms with Crippen LogP contribution >= 0.6 is 0 Å². The Morgan fingerprint density at radius 3 is 2.68 bits per heavy atom. The lowest BCUT2D eigenvalue weighted by molar-refractivity contribution is 0.475. The molecule has 1 aliphatic rings. The van der Waals surface area contributed by atoms with Crippen LogP contribution in [0.1, 0.15) is 0 Å². The maximum absolute atomic E-state index is 13.3. The first-order valence-electron chi connectivity index (χ1n) is 5.60. The van der Waals surface area contributed by atoms with Gasteiger partial charge in [-0.15, -0.1) is 5.10 Å². The standard InChI is InChI=1S/C13H10FN4O/c14-10-3-1-5-12(7-10)18-16-15-9-17(18)11-4-2-6-13(19)8-11/h1-8,16,19H. The average molecular weight is 257 g/mol. The molecule has 0 bridgehead atoms. The van der Waals surface area contributed by atoms with Crippen molar-refractivity contribution in [2.45, 2.75) is 0 Å². The van der Waals surface area contributed by atoms with Crippen LogP contribution in [0.3, 0.4) is 0 Å². The molecule has 0 aliphatic carbocycles. The van der Waals surface area contributed by atoms with Crippen molar-refractivity contribution in [3.05, 3.63) is 54.3 Å². The van der Waals surface area contributed by atoms with Crippen LogP contribution in [-0.2, 0) is 0 Å². The van der Waals surface area contributed by atoms with Crippen LogP contribution in [-0.4, -0.2) is 11.4 Å². The predicted molar refractivity (Wildman–Crippen MR) is 70.0 cm³/mol. The molecule has 3 rings (SSSR count). The third kappa shape index (κ3) is 2.15. The van der Waals surface area contributed by atoms with E-state index in [1.807, 2.05) is 0 Å². The molecule has 2 aromatic rings. The summed E-state index contributed by atoms with van der Waals surface area (Å²) in [6, 6.07) is 12.7. The van der Waals surface area contributed by atoms with E-state index in [1.165, 1.54) is 22.3 Å². The molecule has 2 N–H and O–H groups in total. The number of hydrogen-bond donors (Lipinski definition) is 2. The molecular weight excluding hydrogens is 247 g/mol. The maximum Gasteiger partial charge on any atom is 0.222 e. The van der Waals surface area contributed by atoms with E-state index < -0.39 is 0 Å². The second kappa shape index (κ2) is 4.49. The Hall–Kier alpha value is -2.76. The summed E-state index contributed by atoms with van der Waals surface area (Å²) in [6.07, 6.45) is 2.71. The van der Waals surface area contributed by atoms with Gasteiger partial charge < -0.3 is 5.11 Å². The van der Waals surface area contributed by atoms with Gasteiger partial charge in [0.25, 0.3) is 0 Å². The highest BCUT2D eigenvalue weighted by Gasteiger charge is 2.21. The zero-order valence-corrected chi connectivity index (χ0v) is 9.79. The third-order valence-electron chi connectivity index (χ3n) is 2.62. The highest BCUT2D eigenvalue weighted by Crippen LogP contribution is 2.25. The second-order valence-corrected chi connectivity index (χ2v) is 3.94. The normalized spacial score (nSPS) is 13.7. The van der Waals surface area contributed by atoms with Crippen molar-refractivity contribution < 1.29 is 9.50 Å². The molecule has 0 saturated heterocycles. The summed E-state index contributed by atoms with van der Waals surface area (Å²) in [5, 5.41) is 16.3. The summed E-state index contributed by atoms with van der Waals surface area (Å²) >= 11 is 0. The molecule has 0 saturated carbocycles. The zero-order chi connectivity index (χ0) is 13.2. The number of hydrogen-bond acceptors (Lipinski definition) is 5.